The molecule has 0 bridgehead atoms. The number of hydrogen-bond acceptors (Lipinski definition) is 11. The molecule has 0 N–H and O–H groups in total. The Kier molecular flexibility index (Phi) is 8.05. The van der Waals surface area contributed by atoms with Crippen molar-refractivity contribution in [3.8, 4) is 28.8 Å². The van der Waals surface area contributed by atoms with Crippen molar-refractivity contribution in [1.29, 1.82) is 0 Å². The molecule has 0 amide bonds. The van der Waals surface area contributed by atoms with Gasteiger partial charge >= 0.3 is 11.7 Å². The molecule has 1 atom stereocenters. The van der Waals surface area contributed by atoms with Crippen molar-refractivity contribution in [2.45, 2.75) is 20.0 Å². The largest absolute Gasteiger partial charge is 0.496 e. The van der Waals surface area contributed by atoms with E-state index in [9.17, 15) is 19.7 Å². The van der Waals surface area contributed by atoms with Gasteiger partial charge in [-0.3, -0.25) is 14.9 Å². The second-order valence-corrected chi connectivity index (χ2v) is 9.14. The summed E-state index contributed by atoms with van der Waals surface area (Å²) >= 11 is 0. The Hall–Kier alpha value is -5.72. The van der Waals surface area contributed by atoms with Crippen molar-refractivity contribution in [3.63, 3.8) is 0 Å². The van der Waals surface area contributed by atoms with Crippen molar-refractivity contribution >= 4 is 39.7 Å². The fourth-order valence-corrected chi connectivity index (χ4v) is 4.41. The van der Waals surface area contributed by atoms with Gasteiger partial charge in [0.2, 0.25) is 11.6 Å². The van der Waals surface area contributed by atoms with Crippen LogP contribution in [-0.4, -0.2) is 53.7 Å². The Morgan fingerprint density at radius 1 is 1.09 bits per heavy atom. The Balaban J connectivity index is 1.64. The van der Waals surface area contributed by atoms with E-state index in [2.05, 4.69) is 10.1 Å². The average Bonchev–Trinajstić information content (AvgIpc) is 3.45. The van der Waals surface area contributed by atoms with Crippen LogP contribution in [0.5, 0.6) is 17.2 Å². The number of rotatable bonds is 10. The standard InChI is InChI=1S/C30H26N4O9/c1-5-41-30(36)17(2)42-27-22(34(37)38)13-18(14-25(27)40-4)16-31-33-28(32-21-10-7-6-9-19(21)29(33)35)26-15-20-23(39-3)11-8-12-24(20)43-26/h6-17H,5H2,1-4H3/t17-/m0/s1. The van der Waals surface area contributed by atoms with Gasteiger partial charge in [0.15, 0.2) is 17.6 Å². The maximum atomic E-state index is 13.6. The molecule has 0 fully saturated rings. The first-order chi connectivity index (χ1) is 20.7. The number of benzene rings is 3. The summed E-state index contributed by atoms with van der Waals surface area (Å²) in [5, 5.41) is 17.3. The van der Waals surface area contributed by atoms with E-state index in [1.807, 2.05) is 0 Å². The monoisotopic (exact) mass is 586 g/mol. The molecule has 0 radical (unpaired) electrons. The van der Waals surface area contributed by atoms with Gasteiger partial charge in [0, 0.05) is 11.6 Å². The van der Waals surface area contributed by atoms with E-state index in [1.165, 1.54) is 39.5 Å². The van der Waals surface area contributed by atoms with E-state index >= 15 is 0 Å². The molecule has 43 heavy (non-hydrogen) atoms. The molecule has 0 aliphatic heterocycles. The Bertz CT molecular complexity index is 1940. The van der Waals surface area contributed by atoms with Crippen LogP contribution in [-0.2, 0) is 9.53 Å². The third-order valence-corrected chi connectivity index (χ3v) is 6.43. The number of esters is 1. The third kappa shape index (κ3) is 5.60. The summed E-state index contributed by atoms with van der Waals surface area (Å²) in [6, 6.07) is 16.4. The van der Waals surface area contributed by atoms with E-state index in [4.69, 9.17) is 23.4 Å². The van der Waals surface area contributed by atoms with Gasteiger partial charge in [0.1, 0.15) is 11.3 Å². The Morgan fingerprint density at radius 2 is 1.86 bits per heavy atom. The number of carbonyl (C=O) groups is 1. The maximum absolute atomic E-state index is 13.6. The van der Waals surface area contributed by atoms with Crippen molar-refractivity contribution in [2.24, 2.45) is 5.10 Å². The minimum Gasteiger partial charge on any atom is -0.496 e. The van der Waals surface area contributed by atoms with Gasteiger partial charge in [-0.05, 0) is 50.2 Å². The van der Waals surface area contributed by atoms with Crippen LogP contribution in [0.2, 0.25) is 0 Å². The normalized spacial score (nSPS) is 12.0. The number of ether oxygens (including phenoxy) is 4. The molecule has 220 valence electrons. The molecule has 3 aromatic carbocycles. The fourth-order valence-electron chi connectivity index (χ4n) is 4.41. The van der Waals surface area contributed by atoms with E-state index in [1.54, 1.807) is 55.5 Å². The molecule has 0 saturated carbocycles. The molecule has 0 aliphatic rings. The van der Waals surface area contributed by atoms with E-state index < -0.39 is 28.2 Å². The van der Waals surface area contributed by atoms with Crippen molar-refractivity contribution in [3.05, 3.63) is 86.7 Å². The zero-order valence-electron chi connectivity index (χ0n) is 23.6. The molecule has 13 heteroatoms. The SMILES string of the molecule is CCOC(=O)[C@H](C)Oc1c(OC)cc(C=Nn2c(-c3cc4c(OC)cccc4o3)nc3ccccc3c2=O)cc1[N+](=O)[O-]. The van der Waals surface area contributed by atoms with Crippen LogP contribution in [0.1, 0.15) is 19.4 Å². The highest BCUT2D eigenvalue weighted by Gasteiger charge is 2.27. The first-order valence-corrected chi connectivity index (χ1v) is 13.1. The molecule has 5 rings (SSSR count). The molecule has 13 nitrogen and oxygen atoms in total. The smallest absolute Gasteiger partial charge is 0.347 e. The molecule has 0 unspecified atom stereocenters. The highest BCUT2D eigenvalue weighted by Crippen LogP contribution is 2.39. The Labute approximate surface area is 244 Å². The van der Waals surface area contributed by atoms with Gasteiger partial charge in [-0.2, -0.15) is 9.78 Å². The molecule has 0 spiro atoms. The van der Waals surface area contributed by atoms with Crippen LogP contribution in [0.4, 0.5) is 5.69 Å². The number of nitro benzene ring substituents is 1. The summed E-state index contributed by atoms with van der Waals surface area (Å²) in [6.07, 6.45) is 0.109. The number of carbonyl (C=O) groups excluding carboxylic acids is 1. The highest BCUT2D eigenvalue weighted by atomic mass is 16.6. The first kappa shape index (κ1) is 28.8. The van der Waals surface area contributed by atoms with E-state index in [0.717, 1.165) is 4.68 Å². The summed E-state index contributed by atoms with van der Waals surface area (Å²) in [7, 11) is 2.84. The summed E-state index contributed by atoms with van der Waals surface area (Å²) in [5.41, 5.74) is 0.174. The zero-order valence-corrected chi connectivity index (χ0v) is 23.6. The number of hydrogen-bond donors (Lipinski definition) is 0. The van der Waals surface area contributed by atoms with Gasteiger partial charge in [-0.1, -0.05) is 18.2 Å². The number of nitro groups is 1. The number of nitrogens with zero attached hydrogens (tertiary/aromatic N) is 4. The number of furan rings is 1. The molecule has 0 saturated heterocycles. The summed E-state index contributed by atoms with van der Waals surface area (Å²) in [4.78, 5) is 41.7. The van der Waals surface area contributed by atoms with Crippen molar-refractivity contribution in [1.82, 2.24) is 9.66 Å². The van der Waals surface area contributed by atoms with Gasteiger partial charge < -0.3 is 23.4 Å². The predicted octanol–water partition coefficient (Wildman–Crippen LogP) is 4.95. The molecule has 0 aliphatic carbocycles. The lowest BCUT2D eigenvalue weighted by molar-refractivity contribution is -0.386. The molecular weight excluding hydrogens is 560 g/mol. The van der Waals surface area contributed by atoms with E-state index in [0.29, 0.717) is 27.6 Å². The van der Waals surface area contributed by atoms with Crippen LogP contribution < -0.4 is 19.8 Å². The van der Waals surface area contributed by atoms with Crippen LogP contribution in [0.25, 0.3) is 33.5 Å². The lowest BCUT2D eigenvalue weighted by Crippen LogP contribution is -2.26. The van der Waals surface area contributed by atoms with Gasteiger partial charge in [0.25, 0.3) is 5.56 Å². The molecular formula is C30H26N4O9. The minimum absolute atomic E-state index is 0.0274. The van der Waals surface area contributed by atoms with Crippen LogP contribution in [0, 0.1) is 10.1 Å². The Morgan fingerprint density at radius 3 is 2.58 bits per heavy atom. The number of methoxy groups -OCH3 is 2. The maximum Gasteiger partial charge on any atom is 0.347 e. The molecule has 5 aromatic rings. The summed E-state index contributed by atoms with van der Waals surface area (Å²) in [6.45, 7) is 3.16. The lowest BCUT2D eigenvalue weighted by Gasteiger charge is -2.16. The van der Waals surface area contributed by atoms with E-state index in [-0.39, 0.29) is 35.3 Å². The van der Waals surface area contributed by atoms with Crippen molar-refractivity contribution in [2.75, 3.05) is 20.8 Å². The first-order valence-electron chi connectivity index (χ1n) is 13.1. The van der Waals surface area contributed by atoms with Gasteiger partial charge in [-0.15, -0.1) is 0 Å². The number of para-hydroxylation sites is 1. The average molecular weight is 587 g/mol. The van der Waals surface area contributed by atoms with Crippen LogP contribution >= 0.6 is 0 Å². The van der Waals surface area contributed by atoms with Gasteiger partial charge in [-0.25, -0.2) is 9.78 Å². The summed E-state index contributed by atoms with van der Waals surface area (Å²) < 4.78 is 28.4. The van der Waals surface area contributed by atoms with Crippen LogP contribution in [0.3, 0.4) is 0 Å². The molecule has 2 aromatic heterocycles. The number of fused-ring (bicyclic) bond motifs is 2. The van der Waals surface area contributed by atoms with Crippen LogP contribution in [0.15, 0.2) is 75.0 Å². The quantitative estimate of drug-likeness (QED) is 0.0949. The lowest BCUT2D eigenvalue weighted by atomic mass is 10.1. The van der Waals surface area contributed by atoms with Crippen molar-refractivity contribution < 1.29 is 33.1 Å². The minimum atomic E-state index is -1.14. The fraction of sp³-hybridized carbons (Fsp3) is 0.200. The predicted molar refractivity (Wildman–Crippen MR) is 157 cm³/mol. The third-order valence-electron chi connectivity index (χ3n) is 6.43. The topological polar surface area (TPSA) is 158 Å². The zero-order chi connectivity index (χ0) is 30.7. The highest BCUT2D eigenvalue weighted by molar-refractivity contribution is 5.89. The summed E-state index contributed by atoms with van der Waals surface area (Å²) in [5.74, 6) is -0.0530. The number of aromatic nitrogens is 2. The second-order valence-electron chi connectivity index (χ2n) is 9.14. The second kappa shape index (κ2) is 12.0. The van der Waals surface area contributed by atoms with Gasteiger partial charge in [0.05, 0.1) is 48.3 Å². The molecule has 2 heterocycles.